The number of benzene rings is 1. The number of nitrogens with zero attached hydrogens (tertiary/aromatic N) is 3. The third-order valence-corrected chi connectivity index (χ3v) is 9.36. The Morgan fingerprint density at radius 3 is 2.47 bits per heavy atom. The molecule has 0 aliphatic carbocycles. The molecule has 0 saturated carbocycles. The van der Waals surface area contributed by atoms with Crippen LogP contribution in [0.4, 0.5) is 5.82 Å². The van der Waals surface area contributed by atoms with E-state index >= 15 is 0 Å². The fourth-order valence-electron chi connectivity index (χ4n) is 3.91. The van der Waals surface area contributed by atoms with Crippen molar-refractivity contribution in [2.24, 2.45) is 3.21 Å². The summed E-state index contributed by atoms with van der Waals surface area (Å²) in [6.07, 6.45) is 1.89. The Balaban J connectivity index is 1.44. The van der Waals surface area contributed by atoms with Crippen LogP contribution in [0.3, 0.4) is 0 Å². The molecule has 0 spiro atoms. The standard InChI is InChI=1S/C22H26BN3O3.Sn/c1-21(2)22(3,4)29-23(28-21)18-7-5-6-16(14-18)20(24)17-8-9-25-19(15-17)26-10-12-27-13-11-26;/h5,7-9,14-15H,10-13H2,1-4H3;/q-1;+1. The quantitative estimate of drug-likeness (QED) is 0.584. The van der Waals surface area contributed by atoms with E-state index in [1.165, 1.54) is 9.14 Å². The van der Waals surface area contributed by atoms with E-state index in [0.29, 0.717) is 0 Å². The molecule has 5 rings (SSSR count). The SMILES string of the molecule is CC1(C)OB(c2cc[c]3c(c2)C(c2ccnc(N4CCOCC4)c2)=[N][Sn]3)OC1(C)C. The molecule has 154 valence electrons. The Kier molecular flexibility index (Phi) is 5.20. The summed E-state index contributed by atoms with van der Waals surface area (Å²) in [5, 5.41) is 0. The fraction of sp³-hybridized carbons (Fsp3) is 0.455. The Morgan fingerprint density at radius 2 is 1.73 bits per heavy atom. The van der Waals surface area contributed by atoms with Crippen molar-refractivity contribution in [3.05, 3.63) is 47.7 Å². The van der Waals surface area contributed by atoms with Crippen molar-refractivity contribution >= 4 is 49.1 Å². The van der Waals surface area contributed by atoms with Crippen LogP contribution in [0.1, 0.15) is 38.8 Å². The van der Waals surface area contributed by atoms with Gasteiger partial charge >= 0.3 is 189 Å². The topological polar surface area (TPSA) is 56.2 Å². The molecule has 0 atom stereocenters. The molecule has 30 heavy (non-hydrogen) atoms. The Hall–Kier alpha value is -1.42. The number of fused-ring (bicyclic) bond motifs is 1. The van der Waals surface area contributed by atoms with Crippen LogP contribution in [-0.4, -0.2) is 76.7 Å². The molecule has 2 aromatic rings. The summed E-state index contributed by atoms with van der Waals surface area (Å²) < 4.78 is 24.4. The number of aromatic nitrogens is 1. The third-order valence-electron chi connectivity index (χ3n) is 6.47. The zero-order valence-corrected chi connectivity index (χ0v) is 20.8. The molecule has 2 saturated heterocycles. The summed E-state index contributed by atoms with van der Waals surface area (Å²) in [7, 11) is -0.353. The minimum absolute atomic E-state index is 0.345. The van der Waals surface area contributed by atoms with Crippen molar-refractivity contribution in [2.45, 2.75) is 38.9 Å². The van der Waals surface area contributed by atoms with Crippen LogP contribution in [0.25, 0.3) is 0 Å². The number of pyridine rings is 1. The Morgan fingerprint density at radius 1 is 1.00 bits per heavy atom. The van der Waals surface area contributed by atoms with Crippen LogP contribution < -0.4 is 13.9 Å². The summed E-state index contributed by atoms with van der Waals surface area (Å²) in [5.74, 6) is 1.000. The van der Waals surface area contributed by atoms with Gasteiger partial charge in [-0.05, 0) is 0 Å². The van der Waals surface area contributed by atoms with Crippen molar-refractivity contribution < 1.29 is 14.0 Å². The zero-order chi connectivity index (χ0) is 20.9. The average Bonchev–Trinajstić information content (AvgIpc) is 3.26. The van der Waals surface area contributed by atoms with Crippen molar-refractivity contribution in [1.82, 2.24) is 4.98 Å². The predicted molar refractivity (Wildman–Crippen MR) is 120 cm³/mol. The molecule has 3 aliphatic rings. The van der Waals surface area contributed by atoms with Gasteiger partial charge in [0, 0.05) is 0 Å². The molecule has 0 bridgehead atoms. The van der Waals surface area contributed by atoms with Crippen molar-refractivity contribution in [3.8, 4) is 0 Å². The Labute approximate surface area is 188 Å². The maximum atomic E-state index is 6.27. The van der Waals surface area contributed by atoms with Gasteiger partial charge in [-0.25, -0.2) is 0 Å². The molecule has 2 fully saturated rings. The third kappa shape index (κ3) is 3.59. The van der Waals surface area contributed by atoms with Crippen LogP contribution in [0.2, 0.25) is 0 Å². The first-order chi connectivity index (χ1) is 14.3. The number of anilines is 1. The average molecular weight is 510 g/mol. The monoisotopic (exact) mass is 511 g/mol. The van der Waals surface area contributed by atoms with Crippen molar-refractivity contribution in [3.63, 3.8) is 0 Å². The van der Waals surface area contributed by atoms with Gasteiger partial charge in [0.05, 0.1) is 0 Å². The van der Waals surface area contributed by atoms with Gasteiger partial charge in [-0.2, -0.15) is 0 Å². The molecular weight excluding hydrogens is 484 g/mol. The second-order valence-corrected chi connectivity index (χ2v) is 11.8. The number of hydrogen-bond donors (Lipinski definition) is 0. The summed E-state index contributed by atoms with van der Waals surface area (Å²) in [5.41, 5.74) is 3.83. The first-order valence-electron chi connectivity index (χ1n) is 10.5. The minimum atomic E-state index is -0.970. The van der Waals surface area contributed by atoms with Gasteiger partial charge in [0.2, 0.25) is 0 Å². The van der Waals surface area contributed by atoms with E-state index in [4.69, 9.17) is 17.3 Å². The summed E-state index contributed by atoms with van der Waals surface area (Å²) in [6.45, 7) is 11.6. The van der Waals surface area contributed by atoms with E-state index < -0.39 is 21.4 Å². The normalized spacial score (nSPS) is 22.2. The molecular formula is C22H26BN3O3Sn. The second kappa shape index (κ2) is 7.62. The molecule has 0 amide bonds. The van der Waals surface area contributed by atoms with Gasteiger partial charge in [-0.15, -0.1) is 0 Å². The van der Waals surface area contributed by atoms with Crippen molar-refractivity contribution in [1.29, 1.82) is 0 Å². The van der Waals surface area contributed by atoms with E-state index in [1.807, 2.05) is 6.20 Å². The van der Waals surface area contributed by atoms with Gasteiger partial charge in [0.15, 0.2) is 0 Å². The fourth-order valence-corrected chi connectivity index (χ4v) is 6.62. The first kappa shape index (κ1) is 20.5. The van der Waals surface area contributed by atoms with Crippen LogP contribution in [-0.2, 0) is 14.0 Å². The van der Waals surface area contributed by atoms with Crippen LogP contribution >= 0.6 is 0 Å². The van der Waals surface area contributed by atoms with E-state index in [2.05, 4.69) is 67.9 Å². The zero-order valence-electron chi connectivity index (χ0n) is 17.9. The maximum absolute atomic E-state index is 6.27. The summed E-state index contributed by atoms with van der Waals surface area (Å²) >= 11 is -0.970. The van der Waals surface area contributed by atoms with Crippen molar-refractivity contribution in [2.75, 3.05) is 31.2 Å². The van der Waals surface area contributed by atoms with Gasteiger partial charge in [0.1, 0.15) is 0 Å². The number of ether oxygens (including phenoxy) is 1. The molecule has 1 aromatic heterocycles. The number of morpholine rings is 1. The van der Waals surface area contributed by atoms with Crippen LogP contribution in [0.5, 0.6) is 0 Å². The predicted octanol–water partition coefficient (Wildman–Crippen LogP) is 1.31. The molecule has 4 heterocycles. The number of rotatable bonds is 3. The summed E-state index contributed by atoms with van der Waals surface area (Å²) in [4.78, 5) is 6.87. The number of hydrogen-bond acceptors (Lipinski definition) is 6. The molecule has 2 radical (unpaired) electrons. The van der Waals surface area contributed by atoms with E-state index in [9.17, 15) is 0 Å². The van der Waals surface area contributed by atoms with E-state index in [-0.39, 0.29) is 18.3 Å². The van der Waals surface area contributed by atoms with E-state index in [0.717, 1.165) is 48.9 Å². The molecule has 8 heteroatoms. The molecule has 6 nitrogen and oxygen atoms in total. The van der Waals surface area contributed by atoms with Gasteiger partial charge in [-0.3, -0.25) is 0 Å². The van der Waals surface area contributed by atoms with Gasteiger partial charge in [-0.1, -0.05) is 0 Å². The van der Waals surface area contributed by atoms with Crippen LogP contribution in [0.15, 0.2) is 39.7 Å². The van der Waals surface area contributed by atoms with Gasteiger partial charge < -0.3 is 0 Å². The molecule has 0 unspecified atom stereocenters. The molecule has 3 aliphatic heterocycles. The van der Waals surface area contributed by atoms with Crippen LogP contribution in [0, 0.1) is 0 Å². The second-order valence-electron chi connectivity index (χ2n) is 8.97. The summed E-state index contributed by atoms with van der Waals surface area (Å²) in [6, 6.07) is 10.8. The first-order valence-corrected chi connectivity index (χ1v) is 13.2. The van der Waals surface area contributed by atoms with Gasteiger partial charge in [0.25, 0.3) is 0 Å². The molecule has 0 N–H and O–H groups in total. The van der Waals surface area contributed by atoms with E-state index in [1.54, 1.807) is 0 Å². The molecule has 1 aromatic carbocycles. The Bertz CT molecular complexity index is 989.